The van der Waals surface area contributed by atoms with Crippen LogP contribution >= 0.6 is 12.6 Å². The van der Waals surface area contributed by atoms with E-state index in [4.69, 9.17) is 33.1 Å². The van der Waals surface area contributed by atoms with Gasteiger partial charge in [0, 0.05) is 18.7 Å². The number of thiol groups is 1. The molecule has 0 aromatic carbocycles. The fourth-order valence-corrected chi connectivity index (χ4v) is 2.59. The second-order valence-corrected chi connectivity index (χ2v) is 7.31. The summed E-state index contributed by atoms with van der Waals surface area (Å²) in [6.45, 7) is -0.766. The zero-order valence-electron chi connectivity index (χ0n) is 17.9. The van der Waals surface area contributed by atoms with Gasteiger partial charge in [-0.3, -0.25) is 24.2 Å². The maximum Gasteiger partial charge on any atom is 0.328 e. The van der Waals surface area contributed by atoms with Crippen LogP contribution in [0.1, 0.15) is 25.7 Å². The van der Waals surface area contributed by atoms with Crippen molar-refractivity contribution < 1.29 is 34.2 Å². The molecule has 0 saturated carbocycles. The number of aliphatic imine (C=N–C) groups is 1. The minimum Gasteiger partial charge on any atom is -0.480 e. The summed E-state index contributed by atoms with van der Waals surface area (Å²) in [7, 11) is 0. The number of aliphatic hydroxyl groups is 1. The fraction of sp³-hybridized carbons (Fsp3) is 0.647. The van der Waals surface area contributed by atoms with Crippen LogP contribution in [0.4, 0.5) is 0 Å². The van der Waals surface area contributed by atoms with Gasteiger partial charge in [0.15, 0.2) is 5.96 Å². The largest absolute Gasteiger partial charge is 0.480 e. The number of carboxylic acid groups (broad SMARTS) is 1. The molecule has 0 aromatic rings. The average molecular weight is 493 g/mol. The Balaban J connectivity index is 5.52. The quantitative estimate of drug-likeness (QED) is 0.0424. The van der Waals surface area contributed by atoms with Gasteiger partial charge in [0.25, 0.3) is 0 Å². The highest BCUT2D eigenvalue weighted by Gasteiger charge is 2.30. The van der Waals surface area contributed by atoms with E-state index in [9.17, 15) is 24.0 Å². The molecule has 0 bridgehead atoms. The first kappa shape index (κ1) is 29.9. The van der Waals surface area contributed by atoms with Crippen molar-refractivity contribution >= 4 is 48.2 Å². The van der Waals surface area contributed by atoms with Gasteiger partial charge in [-0.15, -0.1) is 0 Å². The van der Waals surface area contributed by atoms with Crippen LogP contribution in [0.25, 0.3) is 0 Å². The van der Waals surface area contributed by atoms with E-state index >= 15 is 0 Å². The monoisotopic (exact) mass is 492 g/mol. The van der Waals surface area contributed by atoms with Crippen molar-refractivity contribution in [3.8, 4) is 0 Å². The molecule has 0 aromatic heterocycles. The SMILES string of the molecule is NC(=O)CC[C@H](NC(=O)[C@@H](N)CS)C(=O)N[C@@H](CCCN=C(N)N)C(=O)N[C@@H](CO)C(=O)O. The molecule has 0 aliphatic heterocycles. The molecular weight excluding hydrogens is 460 g/mol. The number of carbonyl (C=O) groups excluding carboxylic acids is 4. The molecule has 33 heavy (non-hydrogen) atoms. The van der Waals surface area contributed by atoms with Crippen molar-refractivity contribution in [2.45, 2.75) is 49.9 Å². The number of aliphatic hydroxyl groups excluding tert-OH is 1. The van der Waals surface area contributed by atoms with Gasteiger partial charge in [0.2, 0.25) is 23.6 Å². The minimum absolute atomic E-state index is 0.0104. The van der Waals surface area contributed by atoms with Gasteiger partial charge in [0.05, 0.1) is 12.6 Å². The Kier molecular flexibility index (Phi) is 14.2. The number of hydrogen-bond acceptors (Lipinski definition) is 9. The zero-order valence-corrected chi connectivity index (χ0v) is 18.8. The normalized spacial score (nSPS) is 14.2. The van der Waals surface area contributed by atoms with Crippen molar-refractivity contribution in [3.05, 3.63) is 0 Å². The molecule has 0 aliphatic carbocycles. The van der Waals surface area contributed by atoms with Gasteiger partial charge in [-0.1, -0.05) is 0 Å². The van der Waals surface area contributed by atoms with Crippen molar-refractivity contribution in [2.75, 3.05) is 18.9 Å². The molecule has 0 saturated heterocycles. The summed E-state index contributed by atoms with van der Waals surface area (Å²) in [5.41, 5.74) is 21.2. The Morgan fingerprint density at radius 3 is 1.85 bits per heavy atom. The Labute approximate surface area is 195 Å². The van der Waals surface area contributed by atoms with Crippen LogP contribution in [0.15, 0.2) is 4.99 Å². The lowest BCUT2D eigenvalue weighted by molar-refractivity contribution is -0.143. The second-order valence-electron chi connectivity index (χ2n) is 6.95. The van der Waals surface area contributed by atoms with Gasteiger partial charge in [0.1, 0.15) is 18.1 Å². The number of hydrogen-bond donors (Lipinski definition) is 10. The lowest BCUT2D eigenvalue weighted by atomic mass is 10.1. The fourth-order valence-electron chi connectivity index (χ4n) is 2.42. The predicted octanol–water partition coefficient (Wildman–Crippen LogP) is -4.91. The molecule has 0 unspecified atom stereocenters. The standard InChI is InChI=1S/C17H32N8O7S/c18-8(7-33)13(28)23-10(3-4-12(19)27)15(30)24-9(2-1-5-22-17(20)21)14(29)25-11(6-26)16(31)32/h8-11,26,33H,1-7,18H2,(H2,19,27)(H,23,28)(H,24,30)(H,25,29)(H,31,32)(H4,20,21,22)/t8-,9-,10-,11-/m0/s1. The molecule has 0 aliphatic rings. The van der Waals surface area contributed by atoms with Crippen LogP contribution < -0.4 is 38.9 Å². The third kappa shape index (κ3) is 12.5. The van der Waals surface area contributed by atoms with E-state index < -0.39 is 60.4 Å². The first-order valence-corrected chi connectivity index (χ1v) is 10.5. The molecule has 0 spiro atoms. The number of aliphatic carboxylic acids is 1. The van der Waals surface area contributed by atoms with Gasteiger partial charge in [-0.2, -0.15) is 12.6 Å². The third-order valence-corrected chi connectivity index (χ3v) is 4.61. The van der Waals surface area contributed by atoms with Crippen LogP contribution in [0.5, 0.6) is 0 Å². The van der Waals surface area contributed by atoms with Crippen LogP contribution in [0.2, 0.25) is 0 Å². The number of carboxylic acids is 1. The molecule has 15 nitrogen and oxygen atoms in total. The summed E-state index contributed by atoms with van der Waals surface area (Å²) < 4.78 is 0. The first-order valence-electron chi connectivity index (χ1n) is 9.87. The highest BCUT2D eigenvalue weighted by Crippen LogP contribution is 2.04. The van der Waals surface area contributed by atoms with Crippen LogP contribution in [-0.2, 0) is 24.0 Å². The zero-order chi connectivity index (χ0) is 25.6. The number of nitrogens with one attached hydrogen (secondary N) is 3. The second kappa shape index (κ2) is 15.7. The number of nitrogens with two attached hydrogens (primary N) is 4. The Bertz CT molecular complexity index is 732. The first-order chi connectivity index (χ1) is 15.4. The lowest BCUT2D eigenvalue weighted by Crippen LogP contribution is -2.57. The Hall–Kier alpha value is -3.11. The van der Waals surface area contributed by atoms with Crippen LogP contribution in [-0.4, -0.2) is 88.8 Å². The van der Waals surface area contributed by atoms with E-state index in [0.717, 1.165) is 0 Å². The summed E-state index contributed by atoms with van der Waals surface area (Å²) in [5, 5.41) is 25.0. The van der Waals surface area contributed by atoms with E-state index in [0.29, 0.717) is 0 Å². The van der Waals surface area contributed by atoms with Gasteiger partial charge in [-0.25, -0.2) is 4.79 Å². The van der Waals surface area contributed by atoms with Crippen LogP contribution in [0, 0.1) is 0 Å². The number of primary amides is 1. The van der Waals surface area contributed by atoms with E-state index in [2.05, 4.69) is 33.6 Å². The van der Waals surface area contributed by atoms with Gasteiger partial charge >= 0.3 is 5.97 Å². The van der Waals surface area contributed by atoms with Crippen molar-refractivity contribution in [3.63, 3.8) is 0 Å². The molecule has 0 fully saturated rings. The summed E-state index contributed by atoms with van der Waals surface area (Å²) in [6, 6.07) is -5.17. The third-order valence-electron chi connectivity index (χ3n) is 4.22. The summed E-state index contributed by atoms with van der Waals surface area (Å²) in [4.78, 5) is 63.5. The molecular formula is C17H32N8O7S. The van der Waals surface area contributed by atoms with E-state index in [-0.39, 0.29) is 43.9 Å². The lowest BCUT2D eigenvalue weighted by Gasteiger charge is -2.24. The number of guanidine groups is 1. The van der Waals surface area contributed by atoms with Gasteiger partial charge in [-0.05, 0) is 19.3 Å². The summed E-state index contributed by atoms with van der Waals surface area (Å²) >= 11 is 3.91. The topological polar surface area (TPSA) is 278 Å². The Morgan fingerprint density at radius 2 is 1.39 bits per heavy atom. The molecule has 4 atom stereocenters. The predicted molar refractivity (Wildman–Crippen MR) is 121 cm³/mol. The minimum atomic E-state index is -1.60. The van der Waals surface area contributed by atoms with Gasteiger partial charge < -0.3 is 49.1 Å². The van der Waals surface area contributed by atoms with E-state index in [1.807, 2.05) is 0 Å². The molecule has 16 heteroatoms. The molecule has 0 heterocycles. The van der Waals surface area contributed by atoms with Crippen molar-refractivity contribution in [1.29, 1.82) is 0 Å². The van der Waals surface area contributed by atoms with Crippen molar-refractivity contribution in [1.82, 2.24) is 16.0 Å². The molecule has 4 amide bonds. The highest BCUT2D eigenvalue weighted by molar-refractivity contribution is 7.80. The Morgan fingerprint density at radius 1 is 0.879 bits per heavy atom. The molecule has 13 N–H and O–H groups in total. The average Bonchev–Trinajstić information content (AvgIpc) is 2.75. The smallest absolute Gasteiger partial charge is 0.328 e. The van der Waals surface area contributed by atoms with Crippen LogP contribution in [0.3, 0.4) is 0 Å². The molecule has 0 rings (SSSR count). The van der Waals surface area contributed by atoms with Crippen molar-refractivity contribution in [2.24, 2.45) is 27.9 Å². The maximum absolute atomic E-state index is 12.8. The molecule has 0 radical (unpaired) electrons. The van der Waals surface area contributed by atoms with E-state index in [1.165, 1.54) is 0 Å². The highest BCUT2D eigenvalue weighted by atomic mass is 32.1. The summed E-state index contributed by atoms with van der Waals surface area (Å²) in [5.74, 6) is -4.85. The number of carbonyl (C=O) groups is 5. The number of nitrogens with zero attached hydrogens (tertiary/aromatic N) is 1. The molecule has 188 valence electrons. The number of amides is 4. The van der Waals surface area contributed by atoms with E-state index in [1.54, 1.807) is 0 Å². The summed E-state index contributed by atoms with van der Waals surface area (Å²) in [6.07, 6.45) is -0.223. The number of rotatable bonds is 16. The maximum atomic E-state index is 12.8.